The molecule has 1 aliphatic carbocycles. The van der Waals surface area contributed by atoms with Crippen molar-refractivity contribution in [3.8, 4) is 23.0 Å². The average molecular weight is 748 g/mol. The Kier molecular flexibility index (Phi) is 10.2. The van der Waals surface area contributed by atoms with E-state index in [1.165, 1.54) is 48.0 Å². The maximum atomic E-state index is 14.2. The predicted octanol–water partition coefficient (Wildman–Crippen LogP) is 8.64. The number of aromatic carboxylic acids is 1. The molecule has 55 heavy (non-hydrogen) atoms. The molecule has 10 nitrogen and oxygen atoms in total. The van der Waals surface area contributed by atoms with Crippen molar-refractivity contribution in [2.45, 2.75) is 64.1 Å². The van der Waals surface area contributed by atoms with E-state index in [0.29, 0.717) is 29.1 Å². The Labute approximate surface area is 321 Å². The van der Waals surface area contributed by atoms with E-state index in [9.17, 15) is 14.3 Å². The summed E-state index contributed by atoms with van der Waals surface area (Å²) >= 11 is 0. The first-order chi connectivity index (χ1) is 26.6. The summed E-state index contributed by atoms with van der Waals surface area (Å²) < 4.78 is 31.4. The number of pyridine rings is 1. The van der Waals surface area contributed by atoms with E-state index in [0.717, 1.165) is 69.3 Å². The molecule has 0 radical (unpaired) electrons. The van der Waals surface area contributed by atoms with Crippen LogP contribution < -0.4 is 19.1 Å². The molecule has 3 fully saturated rings. The van der Waals surface area contributed by atoms with Gasteiger partial charge in [0.15, 0.2) is 11.5 Å². The molecule has 0 unspecified atom stereocenters. The summed E-state index contributed by atoms with van der Waals surface area (Å²) in [6, 6.07) is 22.9. The number of halogens is 1. The van der Waals surface area contributed by atoms with Crippen molar-refractivity contribution in [2.24, 2.45) is 5.41 Å². The number of aromatic amines is 1. The summed E-state index contributed by atoms with van der Waals surface area (Å²) in [6.07, 6.45) is 7.26. The largest absolute Gasteiger partial charge is 0.493 e. The molecular formula is C44H50FN5O5. The number of carboxylic acids is 1. The van der Waals surface area contributed by atoms with E-state index in [4.69, 9.17) is 14.2 Å². The number of benzene rings is 3. The Morgan fingerprint density at radius 3 is 2.49 bits per heavy atom. The molecule has 2 saturated heterocycles. The average Bonchev–Trinajstić information content (AvgIpc) is 3.56. The molecule has 8 rings (SSSR count). The minimum absolute atomic E-state index is 0.0473. The number of nitrogens with zero attached hydrogens (tertiary/aromatic N) is 4. The van der Waals surface area contributed by atoms with Crippen molar-refractivity contribution in [1.82, 2.24) is 19.8 Å². The molecule has 288 valence electrons. The van der Waals surface area contributed by atoms with Crippen molar-refractivity contribution in [3.05, 3.63) is 107 Å². The van der Waals surface area contributed by atoms with Gasteiger partial charge in [-0.2, -0.15) is 0 Å². The van der Waals surface area contributed by atoms with Crippen molar-refractivity contribution in [2.75, 3.05) is 51.8 Å². The number of aromatic nitrogens is 2. The highest BCUT2D eigenvalue weighted by Crippen LogP contribution is 2.53. The van der Waals surface area contributed by atoms with E-state index in [1.54, 1.807) is 26.4 Å². The molecular weight excluding hydrogens is 698 g/mol. The molecule has 11 heteroatoms. The molecule has 1 atom stereocenters. The van der Waals surface area contributed by atoms with Crippen LogP contribution in [0.2, 0.25) is 0 Å². The monoisotopic (exact) mass is 747 g/mol. The molecule has 3 aliphatic rings. The van der Waals surface area contributed by atoms with E-state index in [2.05, 4.69) is 74.9 Å². The first-order valence-electron chi connectivity index (χ1n) is 19.3. The van der Waals surface area contributed by atoms with Gasteiger partial charge in [0.1, 0.15) is 28.5 Å². The summed E-state index contributed by atoms with van der Waals surface area (Å²) in [7, 11) is 3.36. The number of hydrogen-bond acceptors (Lipinski definition) is 8. The van der Waals surface area contributed by atoms with Gasteiger partial charge in [-0.3, -0.25) is 9.80 Å². The zero-order valence-corrected chi connectivity index (χ0v) is 32.1. The molecule has 0 bridgehead atoms. The van der Waals surface area contributed by atoms with E-state index < -0.39 is 11.8 Å². The van der Waals surface area contributed by atoms with Crippen LogP contribution in [0, 0.1) is 11.2 Å². The molecule has 2 N–H and O–H groups in total. The highest BCUT2D eigenvalue weighted by molar-refractivity contribution is 5.92. The summed E-state index contributed by atoms with van der Waals surface area (Å²) in [5.41, 5.74) is 5.78. The van der Waals surface area contributed by atoms with Gasteiger partial charge in [0.2, 0.25) is 0 Å². The molecule has 0 amide bonds. The van der Waals surface area contributed by atoms with Gasteiger partial charge in [0, 0.05) is 69.3 Å². The Balaban J connectivity index is 0.951. The number of ether oxygens (including phenoxy) is 3. The van der Waals surface area contributed by atoms with Gasteiger partial charge in [0.25, 0.3) is 0 Å². The lowest BCUT2D eigenvalue weighted by atomic mass is 9.59. The number of anilines is 1. The standard InChI is InChI=1S/C44H50FN5O5/c1-28(2)33-7-5-6-8-34(33)38-27-48(26-29-9-12-39(53-3)41(19-29)54-4)17-18-50(38)31-22-44(23-31)13-15-49(16-14-44)30-10-11-35(43(51)52)40(20-30)55-32-21-36-37(45)25-47-42(36)46-24-32/h5-12,19-21,24-25,28,31,38H,13-18,22-23,26-27H2,1-4H3,(H,46,47)(H,51,52)/t38-/m0/s1. The van der Waals surface area contributed by atoms with Crippen molar-refractivity contribution in [1.29, 1.82) is 0 Å². The van der Waals surface area contributed by atoms with Gasteiger partial charge in [-0.1, -0.05) is 44.2 Å². The number of methoxy groups -OCH3 is 2. The number of hydrogen-bond donors (Lipinski definition) is 2. The zero-order valence-electron chi connectivity index (χ0n) is 32.1. The van der Waals surface area contributed by atoms with Gasteiger partial charge in [-0.25, -0.2) is 14.2 Å². The smallest absolute Gasteiger partial charge is 0.339 e. The molecule has 2 aromatic heterocycles. The first-order valence-corrected chi connectivity index (χ1v) is 19.3. The van der Waals surface area contributed by atoms with Gasteiger partial charge in [0.05, 0.1) is 25.8 Å². The maximum absolute atomic E-state index is 14.2. The third kappa shape index (κ3) is 7.35. The van der Waals surface area contributed by atoms with Crippen LogP contribution in [0.15, 0.2) is 79.1 Å². The lowest BCUT2D eigenvalue weighted by molar-refractivity contribution is -0.0628. The number of nitrogens with one attached hydrogen (secondary N) is 1. The summed E-state index contributed by atoms with van der Waals surface area (Å²) in [4.78, 5) is 26.9. The number of piperidine rings is 1. The third-order valence-corrected chi connectivity index (χ3v) is 12.2. The lowest BCUT2D eigenvalue weighted by Gasteiger charge is -2.58. The topological polar surface area (TPSA) is 103 Å². The van der Waals surface area contributed by atoms with Gasteiger partial charge < -0.3 is 29.2 Å². The zero-order chi connectivity index (χ0) is 38.3. The number of piperazine rings is 1. The third-order valence-electron chi connectivity index (χ3n) is 12.2. The lowest BCUT2D eigenvalue weighted by Crippen LogP contribution is -2.60. The Morgan fingerprint density at radius 1 is 0.964 bits per heavy atom. The molecule has 4 heterocycles. The summed E-state index contributed by atoms with van der Waals surface area (Å²) in [5.74, 6) is 0.914. The fourth-order valence-corrected chi connectivity index (χ4v) is 9.21. The minimum Gasteiger partial charge on any atom is -0.493 e. The Hall–Kier alpha value is -5.13. The quantitative estimate of drug-likeness (QED) is 0.138. The van der Waals surface area contributed by atoms with Crippen LogP contribution in [0.5, 0.6) is 23.0 Å². The second-order valence-electron chi connectivity index (χ2n) is 15.8. The van der Waals surface area contributed by atoms with Crippen LogP contribution in [-0.2, 0) is 6.54 Å². The summed E-state index contributed by atoms with van der Waals surface area (Å²) in [6.45, 7) is 10.2. The number of rotatable bonds is 11. The van der Waals surface area contributed by atoms with Crippen LogP contribution in [0.1, 0.15) is 78.5 Å². The Bertz CT molecular complexity index is 2170. The van der Waals surface area contributed by atoms with Crippen LogP contribution in [-0.4, -0.2) is 83.8 Å². The SMILES string of the molecule is COc1ccc(CN2CCN(C3CC4(CCN(c5ccc(C(=O)O)c(Oc6cnc7[nH]cc(F)c7c6)c5)CC4)C3)[C@H](c3ccccc3C(C)C)C2)cc1OC. The fraction of sp³-hybridized carbons (Fsp3) is 0.409. The number of carbonyl (C=O) groups is 1. The first kappa shape index (κ1) is 36.8. The van der Waals surface area contributed by atoms with Crippen molar-refractivity contribution in [3.63, 3.8) is 0 Å². The van der Waals surface area contributed by atoms with Crippen LogP contribution in [0.3, 0.4) is 0 Å². The van der Waals surface area contributed by atoms with Crippen LogP contribution in [0.25, 0.3) is 11.0 Å². The molecule has 1 spiro atoms. The number of H-pyrrole nitrogens is 1. The predicted molar refractivity (Wildman–Crippen MR) is 211 cm³/mol. The fourth-order valence-electron chi connectivity index (χ4n) is 9.21. The normalized spacial score (nSPS) is 19.2. The van der Waals surface area contributed by atoms with E-state index in [-0.39, 0.29) is 22.4 Å². The number of carboxylic acid groups (broad SMARTS) is 1. The van der Waals surface area contributed by atoms with Crippen LogP contribution in [0.4, 0.5) is 10.1 Å². The molecule has 1 saturated carbocycles. The highest BCUT2D eigenvalue weighted by Gasteiger charge is 2.50. The van der Waals surface area contributed by atoms with Crippen molar-refractivity contribution < 1.29 is 28.5 Å². The van der Waals surface area contributed by atoms with Crippen molar-refractivity contribution >= 4 is 22.7 Å². The second kappa shape index (κ2) is 15.2. The highest BCUT2D eigenvalue weighted by atomic mass is 19.1. The molecule has 2 aliphatic heterocycles. The summed E-state index contributed by atoms with van der Waals surface area (Å²) in [5, 5.41) is 10.2. The van der Waals surface area contributed by atoms with E-state index >= 15 is 0 Å². The minimum atomic E-state index is -1.09. The Morgan fingerprint density at radius 2 is 1.75 bits per heavy atom. The molecule has 5 aromatic rings. The van der Waals surface area contributed by atoms with E-state index in [1.807, 2.05) is 12.1 Å². The van der Waals surface area contributed by atoms with Gasteiger partial charge in [-0.15, -0.1) is 0 Å². The van der Waals surface area contributed by atoms with Gasteiger partial charge >= 0.3 is 5.97 Å². The second-order valence-corrected chi connectivity index (χ2v) is 15.8. The molecule has 3 aromatic carbocycles. The van der Waals surface area contributed by atoms with Gasteiger partial charge in [-0.05, 0) is 84.0 Å². The van der Waals surface area contributed by atoms with Crippen LogP contribution >= 0.6 is 0 Å². The maximum Gasteiger partial charge on any atom is 0.339 e. The number of fused-ring (bicyclic) bond motifs is 1.